The van der Waals surface area contributed by atoms with Gasteiger partial charge in [0.1, 0.15) is 17.8 Å². The van der Waals surface area contributed by atoms with Crippen molar-refractivity contribution >= 4 is 11.8 Å². The van der Waals surface area contributed by atoms with E-state index in [1.165, 1.54) is 5.56 Å². The first-order valence-corrected chi connectivity index (χ1v) is 9.42. The van der Waals surface area contributed by atoms with Crippen molar-refractivity contribution in [1.29, 1.82) is 0 Å². The second-order valence-electron chi connectivity index (χ2n) is 9.54. The van der Waals surface area contributed by atoms with Crippen LogP contribution in [0.25, 0.3) is 0 Å². The van der Waals surface area contributed by atoms with Crippen molar-refractivity contribution in [3.8, 4) is 0 Å². The fourth-order valence-electron chi connectivity index (χ4n) is 4.33. The normalized spacial score (nSPS) is 17.9. The molecule has 0 radical (unpaired) electrons. The number of rotatable bonds is 4. The van der Waals surface area contributed by atoms with Crippen LogP contribution in [0.3, 0.4) is 0 Å². The number of ether oxygens (including phenoxy) is 1. The minimum Gasteiger partial charge on any atom is -0.444 e. The number of hydrogen-bond acceptors (Lipinski definition) is 4. The lowest BCUT2D eigenvalue weighted by Gasteiger charge is -2.54. The molecule has 6 nitrogen and oxygen atoms in total. The number of aryl methyl sites for hydroxylation is 1. The molecule has 1 aliphatic carbocycles. The largest absolute Gasteiger partial charge is 0.444 e. The third kappa shape index (κ3) is 4.49. The van der Waals surface area contributed by atoms with E-state index >= 15 is 0 Å². The van der Waals surface area contributed by atoms with E-state index in [0.717, 1.165) is 30.8 Å². The summed E-state index contributed by atoms with van der Waals surface area (Å²) in [6, 6.07) is 8.10. The number of aromatic nitrogens is 3. The van der Waals surface area contributed by atoms with Crippen molar-refractivity contribution in [2.75, 3.05) is 5.32 Å². The number of nitrogens with one attached hydrogen (secondary N) is 1. The Labute approximate surface area is 161 Å². The molecule has 0 atom stereocenters. The highest BCUT2D eigenvalue weighted by Gasteiger charge is 2.50. The van der Waals surface area contributed by atoms with Gasteiger partial charge in [0, 0.05) is 24.6 Å². The molecule has 1 N–H and O–H groups in total. The fraction of sp³-hybridized carbons (Fsp3) is 0.571. The lowest BCUT2D eigenvalue weighted by molar-refractivity contribution is 0.0544. The SMILES string of the molecule is Cn1cnnc1CC1(c2cccc(NC(=O)OC(C)(C)C)c2)CC(C)(C)C1. The van der Waals surface area contributed by atoms with Crippen molar-refractivity contribution in [3.63, 3.8) is 0 Å². The van der Waals surface area contributed by atoms with Gasteiger partial charge in [-0.05, 0) is 56.7 Å². The molecule has 146 valence electrons. The fourth-order valence-corrected chi connectivity index (χ4v) is 4.33. The minimum atomic E-state index is -0.522. The van der Waals surface area contributed by atoms with E-state index in [4.69, 9.17) is 4.74 Å². The highest BCUT2D eigenvalue weighted by atomic mass is 16.6. The van der Waals surface area contributed by atoms with Crippen LogP contribution in [-0.4, -0.2) is 26.5 Å². The molecule has 0 saturated heterocycles. The van der Waals surface area contributed by atoms with E-state index in [1.54, 1.807) is 6.33 Å². The zero-order valence-corrected chi connectivity index (χ0v) is 17.2. The number of anilines is 1. The van der Waals surface area contributed by atoms with Crippen molar-refractivity contribution in [1.82, 2.24) is 14.8 Å². The molecule has 0 bridgehead atoms. The van der Waals surface area contributed by atoms with E-state index in [1.807, 2.05) is 44.5 Å². The summed E-state index contributed by atoms with van der Waals surface area (Å²) < 4.78 is 7.35. The van der Waals surface area contributed by atoms with Gasteiger partial charge in [-0.1, -0.05) is 26.0 Å². The van der Waals surface area contributed by atoms with Crippen molar-refractivity contribution in [3.05, 3.63) is 42.0 Å². The molecule has 0 spiro atoms. The lowest BCUT2D eigenvalue weighted by atomic mass is 9.50. The highest BCUT2D eigenvalue weighted by Crippen LogP contribution is 2.57. The van der Waals surface area contributed by atoms with Gasteiger partial charge in [-0.2, -0.15) is 0 Å². The van der Waals surface area contributed by atoms with Gasteiger partial charge in [-0.15, -0.1) is 10.2 Å². The Morgan fingerprint density at radius 1 is 1.30 bits per heavy atom. The quantitative estimate of drug-likeness (QED) is 0.862. The van der Waals surface area contributed by atoms with Gasteiger partial charge < -0.3 is 9.30 Å². The van der Waals surface area contributed by atoms with E-state index in [0.29, 0.717) is 5.41 Å². The van der Waals surface area contributed by atoms with Crippen LogP contribution in [0.2, 0.25) is 0 Å². The third-order valence-corrected chi connectivity index (χ3v) is 5.06. The average molecular weight is 370 g/mol. The molecule has 1 fully saturated rings. The van der Waals surface area contributed by atoms with Crippen LogP contribution in [0.4, 0.5) is 10.5 Å². The first-order valence-electron chi connectivity index (χ1n) is 9.42. The molecular weight excluding hydrogens is 340 g/mol. The molecule has 3 rings (SSSR count). The van der Waals surface area contributed by atoms with Gasteiger partial charge in [-0.3, -0.25) is 5.32 Å². The third-order valence-electron chi connectivity index (χ3n) is 5.06. The standard InChI is InChI=1S/C21H30N4O2/c1-19(2,3)27-18(26)23-16-9-7-8-15(10-16)21(12-20(4,5)13-21)11-17-24-22-14-25(17)6/h7-10,14H,11-13H2,1-6H3,(H,23,26). The second kappa shape index (κ2) is 6.66. The van der Waals surface area contributed by atoms with Gasteiger partial charge in [0.05, 0.1) is 0 Å². The summed E-state index contributed by atoms with van der Waals surface area (Å²) in [5.74, 6) is 0.982. The van der Waals surface area contributed by atoms with Crippen LogP contribution in [-0.2, 0) is 23.6 Å². The second-order valence-corrected chi connectivity index (χ2v) is 9.54. The van der Waals surface area contributed by atoms with Crippen LogP contribution in [0.1, 0.15) is 58.8 Å². The summed E-state index contributed by atoms with van der Waals surface area (Å²) in [5.41, 5.74) is 1.76. The molecule has 0 aliphatic heterocycles. The molecule has 0 unspecified atom stereocenters. The summed E-state index contributed by atoms with van der Waals surface area (Å²) >= 11 is 0. The van der Waals surface area contributed by atoms with Gasteiger partial charge in [-0.25, -0.2) is 4.79 Å². The summed E-state index contributed by atoms with van der Waals surface area (Å²) in [4.78, 5) is 12.1. The number of amides is 1. The number of carbonyl (C=O) groups is 1. The van der Waals surface area contributed by atoms with Gasteiger partial charge in [0.2, 0.25) is 0 Å². The van der Waals surface area contributed by atoms with Crippen LogP contribution in [0, 0.1) is 5.41 Å². The molecule has 1 saturated carbocycles. The zero-order chi connectivity index (χ0) is 19.9. The van der Waals surface area contributed by atoms with Crippen LogP contribution >= 0.6 is 0 Å². The Kier molecular flexibility index (Phi) is 4.78. The van der Waals surface area contributed by atoms with Crippen molar-refractivity contribution < 1.29 is 9.53 Å². The van der Waals surface area contributed by atoms with E-state index in [-0.39, 0.29) is 5.41 Å². The van der Waals surface area contributed by atoms with E-state index in [2.05, 4.69) is 41.5 Å². The molecule has 1 heterocycles. The van der Waals surface area contributed by atoms with Crippen LogP contribution in [0.5, 0.6) is 0 Å². The average Bonchev–Trinajstić information content (AvgIpc) is 2.88. The maximum atomic E-state index is 12.1. The predicted molar refractivity (Wildman–Crippen MR) is 106 cm³/mol. The summed E-state index contributed by atoms with van der Waals surface area (Å²) in [6.45, 7) is 10.2. The van der Waals surface area contributed by atoms with E-state index < -0.39 is 11.7 Å². The van der Waals surface area contributed by atoms with Crippen molar-refractivity contribution in [2.24, 2.45) is 12.5 Å². The zero-order valence-electron chi connectivity index (χ0n) is 17.2. The number of carbonyl (C=O) groups excluding carboxylic acids is 1. The number of nitrogens with zero attached hydrogens (tertiary/aromatic N) is 3. The molecule has 1 aromatic heterocycles. The predicted octanol–water partition coefficient (Wildman–Crippen LogP) is 4.46. The highest BCUT2D eigenvalue weighted by molar-refractivity contribution is 5.85. The summed E-state index contributed by atoms with van der Waals surface area (Å²) in [5, 5.41) is 11.2. The van der Waals surface area contributed by atoms with Crippen molar-refractivity contribution in [2.45, 2.75) is 64.9 Å². The molecule has 6 heteroatoms. The molecule has 1 amide bonds. The summed E-state index contributed by atoms with van der Waals surface area (Å²) in [6.07, 6.45) is 4.29. The maximum absolute atomic E-state index is 12.1. The molecule has 2 aromatic rings. The number of benzene rings is 1. The molecular formula is C21H30N4O2. The lowest BCUT2D eigenvalue weighted by Crippen LogP contribution is -2.48. The Hall–Kier alpha value is -2.37. The number of hydrogen-bond donors (Lipinski definition) is 1. The molecule has 1 aliphatic rings. The Bertz CT molecular complexity index is 825. The topological polar surface area (TPSA) is 69.0 Å². The Morgan fingerprint density at radius 3 is 2.56 bits per heavy atom. The Morgan fingerprint density at radius 2 is 2.00 bits per heavy atom. The van der Waals surface area contributed by atoms with E-state index in [9.17, 15) is 4.79 Å². The molecule has 27 heavy (non-hydrogen) atoms. The smallest absolute Gasteiger partial charge is 0.412 e. The van der Waals surface area contributed by atoms with Crippen LogP contribution < -0.4 is 5.32 Å². The monoisotopic (exact) mass is 370 g/mol. The van der Waals surface area contributed by atoms with Gasteiger partial charge in [0.15, 0.2) is 0 Å². The first kappa shape index (κ1) is 19.4. The van der Waals surface area contributed by atoms with Gasteiger partial charge in [0.25, 0.3) is 0 Å². The van der Waals surface area contributed by atoms with Gasteiger partial charge >= 0.3 is 6.09 Å². The minimum absolute atomic E-state index is 0.00984. The summed E-state index contributed by atoms with van der Waals surface area (Å²) in [7, 11) is 1.98. The van der Waals surface area contributed by atoms with Crippen LogP contribution in [0.15, 0.2) is 30.6 Å². The Balaban J connectivity index is 1.84. The maximum Gasteiger partial charge on any atom is 0.412 e. The molecule has 1 aromatic carbocycles. The first-order chi connectivity index (χ1) is 12.5.